The number of hydrogen-bond acceptors (Lipinski definition) is 6. The predicted octanol–water partition coefficient (Wildman–Crippen LogP) is 0.257. The Morgan fingerprint density at radius 1 is 1.88 bits per heavy atom. The Hall–Kier alpha value is -2.00. The first kappa shape index (κ1) is 12.1. The molecule has 86 valence electrons. The van der Waals surface area contributed by atoms with Gasteiger partial charge in [0.1, 0.15) is 12.3 Å². The zero-order valence-corrected chi connectivity index (χ0v) is 8.77. The molecule has 0 saturated carbocycles. The molecule has 0 radical (unpaired) electrons. The Bertz CT molecular complexity index is 394. The Morgan fingerprint density at radius 2 is 2.62 bits per heavy atom. The van der Waals surface area contributed by atoms with Crippen LogP contribution in [-0.4, -0.2) is 35.3 Å². The van der Waals surface area contributed by atoms with E-state index in [2.05, 4.69) is 16.2 Å². The lowest BCUT2D eigenvalue weighted by molar-refractivity contribution is 0.0519. The second-order valence-electron chi connectivity index (χ2n) is 2.80. The number of nitrogens with one attached hydrogen (secondary N) is 1. The molecule has 0 bridgehead atoms. The van der Waals surface area contributed by atoms with Crippen molar-refractivity contribution >= 4 is 12.0 Å². The van der Waals surface area contributed by atoms with Gasteiger partial charge in [0, 0.05) is 0 Å². The van der Waals surface area contributed by atoms with E-state index in [4.69, 9.17) is 20.7 Å². The third-order valence-corrected chi connectivity index (χ3v) is 1.67. The maximum atomic E-state index is 11.2. The van der Waals surface area contributed by atoms with Crippen LogP contribution < -0.4 is 5.32 Å². The number of nitrogens with zero attached hydrogens (tertiary/aromatic N) is 1. The van der Waals surface area contributed by atoms with E-state index in [9.17, 15) is 4.79 Å². The first-order valence-corrected chi connectivity index (χ1v) is 4.67. The second kappa shape index (κ2) is 5.78. The maximum absolute atomic E-state index is 11.2. The number of esters is 1. The zero-order valence-electron chi connectivity index (χ0n) is 8.77. The van der Waals surface area contributed by atoms with Crippen LogP contribution in [0, 0.1) is 12.3 Å². The van der Waals surface area contributed by atoms with Crippen molar-refractivity contribution in [2.45, 2.75) is 13.0 Å². The van der Waals surface area contributed by atoms with Crippen LogP contribution in [0.4, 0.5) is 6.01 Å². The SMILES string of the molecule is C#CC(CO)Nc1nc(C(=O)OCC)co1. The quantitative estimate of drug-likeness (QED) is 0.551. The summed E-state index contributed by atoms with van der Waals surface area (Å²) in [6.07, 6.45) is 6.27. The fraction of sp³-hybridized carbons (Fsp3) is 0.400. The smallest absolute Gasteiger partial charge is 0.360 e. The lowest BCUT2D eigenvalue weighted by Gasteiger charge is -2.05. The molecule has 2 N–H and O–H groups in total. The summed E-state index contributed by atoms with van der Waals surface area (Å²) in [5.74, 6) is 1.72. The second-order valence-corrected chi connectivity index (χ2v) is 2.80. The molecule has 1 atom stereocenters. The molecule has 6 nitrogen and oxygen atoms in total. The van der Waals surface area contributed by atoms with E-state index in [-0.39, 0.29) is 24.9 Å². The molecule has 1 aromatic heterocycles. The molecular formula is C10H12N2O4. The number of ether oxygens (including phenoxy) is 1. The van der Waals surface area contributed by atoms with Gasteiger partial charge in [-0.2, -0.15) is 4.98 Å². The van der Waals surface area contributed by atoms with E-state index in [1.807, 2.05) is 0 Å². The highest BCUT2D eigenvalue weighted by atomic mass is 16.5. The number of carbonyl (C=O) groups is 1. The number of rotatable bonds is 5. The summed E-state index contributed by atoms with van der Waals surface area (Å²) >= 11 is 0. The van der Waals surface area contributed by atoms with Gasteiger partial charge in [-0.25, -0.2) is 4.79 Å². The Kier molecular flexibility index (Phi) is 4.36. The van der Waals surface area contributed by atoms with E-state index in [1.165, 1.54) is 0 Å². The van der Waals surface area contributed by atoms with Crippen molar-refractivity contribution in [1.82, 2.24) is 4.98 Å². The van der Waals surface area contributed by atoms with Crippen molar-refractivity contribution in [3.63, 3.8) is 0 Å². The highest BCUT2D eigenvalue weighted by Gasteiger charge is 2.14. The van der Waals surface area contributed by atoms with Crippen LogP contribution in [0.3, 0.4) is 0 Å². The van der Waals surface area contributed by atoms with Gasteiger partial charge in [0.25, 0.3) is 6.01 Å². The maximum Gasteiger partial charge on any atom is 0.360 e. The zero-order chi connectivity index (χ0) is 12.0. The third-order valence-electron chi connectivity index (χ3n) is 1.67. The minimum atomic E-state index is -0.603. The first-order chi connectivity index (χ1) is 7.71. The summed E-state index contributed by atoms with van der Waals surface area (Å²) in [4.78, 5) is 15.0. The monoisotopic (exact) mass is 224 g/mol. The molecular weight excluding hydrogens is 212 g/mol. The lowest BCUT2D eigenvalue weighted by Crippen LogP contribution is -2.21. The van der Waals surface area contributed by atoms with Crippen LogP contribution >= 0.6 is 0 Å². The molecule has 1 heterocycles. The number of terminal acetylenes is 1. The normalized spacial score (nSPS) is 11.6. The standard InChI is InChI=1S/C10H12N2O4/c1-3-7(5-13)11-10-12-8(6-16-10)9(14)15-4-2/h1,6-7,13H,4-5H2,2H3,(H,11,12). The Balaban J connectivity index is 2.65. The van der Waals surface area contributed by atoms with Crippen LogP contribution in [0.1, 0.15) is 17.4 Å². The van der Waals surface area contributed by atoms with Crippen LogP contribution in [0.5, 0.6) is 0 Å². The fourth-order valence-electron chi connectivity index (χ4n) is 0.928. The minimum absolute atomic E-state index is 0.0538. The van der Waals surface area contributed by atoms with Crippen molar-refractivity contribution in [1.29, 1.82) is 0 Å². The molecule has 0 saturated heterocycles. The Labute approximate surface area is 92.6 Å². The van der Waals surface area contributed by atoms with Gasteiger partial charge in [-0.3, -0.25) is 0 Å². The molecule has 0 spiro atoms. The molecule has 0 aliphatic heterocycles. The largest absolute Gasteiger partial charge is 0.461 e. The Morgan fingerprint density at radius 3 is 3.19 bits per heavy atom. The van der Waals surface area contributed by atoms with Crippen molar-refractivity contribution < 1.29 is 19.1 Å². The van der Waals surface area contributed by atoms with Gasteiger partial charge in [0.2, 0.25) is 0 Å². The highest BCUT2D eigenvalue weighted by molar-refractivity contribution is 5.87. The van der Waals surface area contributed by atoms with E-state index in [1.54, 1.807) is 6.92 Å². The van der Waals surface area contributed by atoms with Gasteiger partial charge in [0.05, 0.1) is 13.2 Å². The van der Waals surface area contributed by atoms with Crippen molar-refractivity contribution in [2.24, 2.45) is 0 Å². The molecule has 1 aromatic rings. The first-order valence-electron chi connectivity index (χ1n) is 4.67. The number of oxazole rings is 1. The van der Waals surface area contributed by atoms with Crippen LogP contribution in [0.25, 0.3) is 0 Å². The molecule has 16 heavy (non-hydrogen) atoms. The molecule has 0 aromatic carbocycles. The van der Waals surface area contributed by atoms with E-state index in [0.29, 0.717) is 0 Å². The van der Waals surface area contributed by atoms with Gasteiger partial charge in [-0.1, -0.05) is 5.92 Å². The van der Waals surface area contributed by atoms with Crippen LogP contribution in [-0.2, 0) is 4.74 Å². The molecule has 6 heteroatoms. The molecule has 1 rings (SSSR count). The summed E-state index contributed by atoms with van der Waals surface area (Å²) in [6.45, 7) is 1.70. The third kappa shape index (κ3) is 3.00. The van der Waals surface area contributed by atoms with Crippen molar-refractivity contribution in [3.8, 4) is 12.3 Å². The number of anilines is 1. The molecule has 0 aliphatic carbocycles. The summed E-state index contributed by atoms with van der Waals surface area (Å²) in [5.41, 5.74) is 0.0538. The molecule has 0 aliphatic rings. The van der Waals surface area contributed by atoms with Gasteiger partial charge in [-0.15, -0.1) is 6.42 Å². The summed E-state index contributed by atoms with van der Waals surface area (Å²) in [6, 6.07) is -0.534. The van der Waals surface area contributed by atoms with Gasteiger partial charge in [0.15, 0.2) is 5.69 Å². The van der Waals surface area contributed by atoms with Crippen molar-refractivity contribution in [3.05, 3.63) is 12.0 Å². The number of aliphatic hydroxyl groups excluding tert-OH is 1. The molecule has 0 fully saturated rings. The van der Waals surface area contributed by atoms with E-state index >= 15 is 0 Å². The van der Waals surface area contributed by atoms with Crippen molar-refractivity contribution in [2.75, 3.05) is 18.5 Å². The summed E-state index contributed by atoms with van der Waals surface area (Å²) in [5, 5.41) is 11.4. The van der Waals surface area contributed by atoms with Crippen LogP contribution in [0.15, 0.2) is 10.7 Å². The van der Waals surface area contributed by atoms with Gasteiger partial charge >= 0.3 is 5.97 Å². The fourth-order valence-corrected chi connectivity index (χ4v) is 0.928. The molecule has 1 unspecified atom stereocenters. The molecule has 0 amide bonds. The average molecular weight is 224 g/mol. The van der Waals surface area contributed by atoms with Gasteiger partial charge < -0.3 is 19.6 Å². The van der Waals surface area contributed by atoms with E-state index in [0.717, 1.165) is 6.26 Å². The lowest BCUT2D eigenvalue weighted by atomic mass is 10.3. The average Bonchev–Trinajstić information content (AvgIpc) is 2.74. The topological polar surface area (TPSA) is 84.6 Å². The summed E-state index contributed by atoms with van der Waals surface area (Å²) < 4.78 is 9.66. The number of aromatic nitrogens is 1. The number of carbonyl (C=O) groups excluding carboxylic acids is 1. The van der Waals surface area contributed by atoms with Crippen LogP contribution in [0.2, 0.25) is 0 Å². The summed E-state index contributed by atoms with van der Waals surface area (Å²) in [7, 11) is 0. The highest BCUT2D eigenvalue weighted by Crippen LogP contribution is 2.09. The predicted molar refractivity (Wildman–Crippen MR) is 55.8 cm³/mol. The number of aliphatic hydroxyl groups is 1. The number of hydrogen-bond donors (Lipinski definition) is 2. The minimum Gasteiger partial charge on any atom is -0.461 e. The van der Waals surface area contributed by atoms with E-state index < -0.39 is 12.0 Å². The van der Waals surface area contributed by atoms with Gasteiger partial charge in [-0.05, 0) is 6.92 Å².